The van der Waals surface area contributed by atoms with Gasteiger partial charge in [0.25, 0.3) is 5.91 Å². The number of rotatable bonds is 8. The van der Waals surface area contributed by atoms with Crippen LogP contribution in [0.25, 0.3) is 0 Å². The van der Waals surface area contributed by atoms with E-state index in [9.17, 15) is 32.3 Å². The van der Waals surface area contributed by atoms with E-state index in [2.05, 4.69) is 10.6 Å². The number of nitrogens with zero attached hydrogens (tertiary/aromatic N) is 2. The van der Waals surface area contributed by atoms with E-state index in [4.69, 9.17) is 0 Å². The zero-order chi connectivity index (χ0) is 24.2. The van der Waals surface area contributed by atoms with Crippen LogP contribution in [0.3, 0.4) is 0 Å². The van der Waals surface area contributed by atoms with Gasteiger partial charge in [0.1, 0.15) is 5.54 Å². The van der Waals surface area contributed by atoms with E-state index in [1.165, 1.54) is 4.90 Å². The van der Waals surface area contributed by atoms with Gasteiger partial charge in [-0.2, -0.15) is 0 Å². The average molecular weight is 468 g/mol. The van der Waals surface area contributed by atoms with Gasteiger partial charge in [-0.05, 0) is 31.4 Å². The molecule has 2 aliphatic rings. The van der Waals surface area contributed by atoms with Gasteiger partial charge < -0.3 is 15.5 Å². The molecule has 1 saturated heterocycles. The van der Waals surface area contributed by atoms with Crippen molar-refractivity contribution in [2.75, 3.05) is 25.0 Å². The highest BCUT2D eigenvalue weighted by atomic mass is 19.2. The summed E-state index contributed by atoms with van der Waals surface area (Å²) in [5, 5.41) is 4.91. The molecule has 11 heteroatoms. The molecule has 1 aromatic carbocycles. The lowest BCUT2D eigenvalue weighted by Gasteiger charge is -2.30. The Morgan fingerprint density at radius 3 is 2.48 bits per heavy atom. The number of amides is 5. The highest BCUT2D eigenvalue weighted by Crippen LogP contribution is 2.33. The zero-order valence-electron chi connectivity index (χ0n) is 18.4. The summed E-state index contributed by atoms with van der Waals surface area (Å²) in [4.78, 5) is 52.4. The molecule has 1 saturated carbocycles. The molecule has 0 radical (unpaired) electrons. The minimum absolute atomic E-state index is 0.120. The topological polar surface area (TPSA) is 98.8 Å². The van der Waals surface area contributed by atoms with Gasteiger partial charge in [-0.15, -0.1) is 0 Å². The molecule has 180 valence electrons. The van der Waals surface area contributed by atoms with Crippen molar-refractivity contribution < 1.29 is 32.3 Å². The first-order valence-corrected chi connectivity index (χ1v) is 11.0. The van der Waals surface area contributed by atoms with E-state index in [-0.39, 0.29) is 25.4 Å². The highest BCUT2D eigenvalue weighted by molar-refractivity contribution is 6.07. The quantitative estimate of drug-likeness (QED) is 0.453. The largest absolute Gasteiger partial charge is 0.333 e. The van der Waals surface area contributed by atoms with E-state index in [1.54, 1.807) is 6.92 Å². The Morgan fingerprint density at radius 2 is 1.82 bits per heavy atom. The third-order valence-corrected chi connectivity index (χ3v) is 5.99. The van der Waals surface area contributed by atoms with Crippen molar-refractivity contribution in [3.05, 3.63) is 29.6 Å². The van der Waals surface area contributed by atoms with Crippen LogP contribution in [0.4, 0.5) is 23.7 Å². The molecule has 1 aliphatic heterocycles. The number of anilines is 1. The van der Waals surface area contributed by atoms with Gasteiger partial charge in [0, 0.05) is 19.5 Å². The Balaban J connectivity index is 1.59. The van der Waals surface area contributed by atoms with Gasteiger partial charge >= 0.3 is 6.03 Å². The Morgan fingerprint density at radius 1 is 1.12 bits per heavy atom. The van der Waals surface area contributed by atoms with E-state index >= 15 is 0 Å². The normalized spacial score (nSPS) is 17.3. The molecule has 0 bridgehead atoms. The summed E-state index contributed by atoms with van der Waals surface area (Å²) in [5.41, 5.74) is -1.42. The van der Waals surface area contributed by atoms with Crippen LogP contribution in [0.5, 0.6) is 0 Å². The second-order valence-corrected chi connectivity index (χ2v) is 8.37. The van der Waals surface area contributed by atoms with E-state index < -0.39 is 53.1 Å². The smallest absolute Gasteiger partial charge is 0.325 e. The maximum atomic E-state index is 13.8. The predicted molar refractivity (Wildman–Crippen MR) is 112 cm³/mol. The Kier molecular flexibility index (Phi) is 7.60. The summed E-state index contributed by atoms with van der Waals surface area (Å²) >= 11 is 0. The molecule has 33 heavy (non-hydrogen) atoms. The van der Waals surface area contributed by atoms with Gasteiger partial charge in [-0.25, -0.2) is 18.0 Å². The van der Waals surface area contributed by atoms with Crippen molar-refractivity contribution in [3.63, 3.8) is 0 Å². The fourth-order valence-electron chi connectivity index (χ4n) is 4.29. The molecule has 0 atom stereocenters. The van der Waals surface area contributed by atoms with Crippen LogP contribution in [0.2, 0.25) is 0 Å². The van der Waals surface area contributed by atoms with Crippen LogP contribution in [-0.2, 0) is 14.4 Å². The Bertz CT molecular complexity index is 950. The van der Waals surface area contributed by atoms with Crippen LogP contribution < -0.4 is 10.6 Å². The number of hydrogen-bond donors (Lipinski definition) is 2. The number of imide groups is 1. The van der Waals surface area contributed by atoms with Crippen molar-refractivity contribution in [1.82, 2.24) is 15.1 Å². The summed E-state index contributed by atoms with van der Waals surface area (Å²) in [5.74, 6) is -6.22. The SMILES string of the molecule is CCCN(CC(=O)Nc1ccc(F)c(F)c1F)C(=O)CCN1C(=O)NC2(CCCCC2)C1=O. The van der Waals surface area contributed by atoms with Gasteiger partial charge in [-0.3, -0.25) is 19.3 Å². The van der Waals surface area contributed by atoms with Crippen LogP contribution in [-0.4, -0.2) is 58.7 Å². The van der Waals surface area contributed by atoms with Crippen molar-refractivity contribution in [2.24, 2.45) is 0 Å². The Hall–Kier alpha value is -3.11. The summed E-state index contributed by atoms with van der Waals surface area (Å²) in [6.07, 6.45) is 4.18. The summed E-state index contributed by atoms with van der Waals surface area (Å²) in [7, 11) is 0. The lowest BCUT2D eigenvalue weighted by Crippen LogP contribution is -2.48. The summed E-state index contributed by atoms with van der Waals surface area (Å²) in [6.45, 7) is 1.42. The summed E-state index contributed by atoms with van der Waals surface area (Å²) in [6, 6.07) is 1.04. The van der Waals surface area contributed by atoms with Crippen LogP contribution in [0, 0.1) is 17.5 Å². The fraction of sp³-hybridized carbons (Fsp3) is 0.545. The van der Waals surface area contributed by atoms with Crippen molar-refractivity contribution >= 4 is 29.4 Å². The molecule has 1 aliphatic carbocycles. The standard InChI is InChI=1S/C22H27F3N4O4/c1-2-11-28(13-16(30)26-15-7-6-14(23)18(24)19(15)25)17(31)8-12-29-20(32)22(27-21(29)33)9-4-3-5-10-22/h6-7H,2-5,8-13H2,1H3,(H,26,30)(H,27,33). The Labute approximate surface area is 189 Å². The lowest BCUT2D eigenvalue weighted by molar-refractivity contribution is -0.136. The molecule has 2 fully saturated rings. The maximum absolute atomic E-state index is 13.8. The van der Waals surface area contributed by atoms with E-state index in [0.717, 1.165) is 30.2 Å². The van der Waals surface area contributed by atoms with Gasteiger partial charge in [0.05, 0.1) is 12.2 Å². The number of carbonyl (C=O) groups excluding carboxylic acids is 4. The number of halogens is 3. The average Bonchev–Trinajstić information content (AvgIpc) is 3.01. The zero-order valence-corrected chi connectivity index (χ0v) is 18.4. The third kappa shape index (κ3) is 5.28. The van der Waals surface area contributed by atoms with Crippen LogP contribution >= 0.6 is 0 Å². The fourth-order valence-corrected chi connectivity index (χ4v) is 4.29. The second kappa shape index (κ2) is 10.2. The lowest BCUT2D eigenvalue weighted by atomic mass is 9.82. The van der Waals surface area contributed by atoms with E-state index in [1.807, 2.05) is 0 Å². The van der Waals surface area contributed by atoms with Crippen LogP contribution in [0.15, 0.2) is 12.1 Å². The van der Waals surface area contributed by atoms with Crippen molar-refractivity contribution in [2.45, 2.75) is 57.4 Å². The minimum Gasteiger partial charge on any atom is -0.333 e. The molecule has 0 aromatic heterocycles. The van der Waals surface area contributed by atoms with Gasteiger partial charge in [0.15, 0.2) is 17.5 Å². The monoisotopic (exact) mass is 468 g/mol. The van der Waals surface area contributed by atoms with Crippen LogP contribution in [0.1, 0.15) is 51.9 Å². The maximum Gasteiger partial charge on any atom is 0.325 e. The first kappa shape index (κ1) is 24.5. The first-order chi connectivity index (χ1) is 15.7. The molecule has 8 nitrogen and oxygen atoms in total. The summed E-state index contributed by atoms with van der Waals surface area (Å²) < 4.78 is 40.2. The van der Waals surface area contributed by atoms with Crippen molar-refractivity contribution in [3.8, 4) is 0 Å². The number of benzene rings is 1. The molecule has 1 heterocycles. The number of urea groups is 1. The molecular formula is C22H27F3N4O4. The molecule has 1 spiro atoms. The molecular weight excluding hydrogens is 441 g/mol. The third-order valence-electron chi connectivity index (χ3n) is 5.99. The highest BCUT2D eigenvalue weighted by Gasteiger charge is 2.51. The predicted octanol–water partition coefficient (Wildman–Crippen LogP) is 2.93. The van der Waals surface area contributed by atoms with Gasteiger partial charge in [-0.1, -0.05) is 26.2 Å². The molecule has 5 amide bonds. The first-order valence-electron chi connectivity index (χ1n) is 11.0. The molecule has 0 unspecified atom stereocenters. The number of nitrogens with one attached hydrogen (secondary N) is 2. The van der Waals surface area contributed by atoms with E-state index in [0.29, 0.717) is 25.3 Å². The molecule has 2 N–H and O–H groups in total. The minimum atomic E-state index is -1.71. The molecule has 1 aromatic rings. The second-order valence-electron chi connectivity index (χ2n) is 8.37. The number of carbonyl (C=O) groups is 4. The number of hydrogen-bond acceptors (Lipinski definition) is 4. The molecule has 3 rings (SSSR count). The van der Waals surface area contributed by atoms with Gasteiger partial charge in [0.2, 0.25) is 11.8 Å². The van der Waals surface area contributed by atoms with Crippen molar-refractivity contribution in [1.29, 1.82) is 0 Å².